The fourth-order valence-electron chi connectivity index (χ4n) is 1.90. The van der Waals surface area contributed by atoms with Crippen LogP contribution >= 0.6 is 0 Å². The van der Waals surface area contributed by atoms with Gasteiger partial charge in [-0.1, -0.05) is 19.3 Å². The molecular weight excluding hydrogens is 192 g/mol. The van der Waals surface area contributed by atoms with Gasteiger partial charge in [0, 0.05) is 25.9 Å². The minimum Gasteiger partial charge on any atom is -0.356 e. The summed E-state index contributed by atoms with van der Waals surface area (Å²) in [5.41, 5.74) is 0. The maximum Gasteiger partial charge on any atom is 0.221 e. The monoisotopic (exact) mass is 212 g/mol. The molecule has 0 saturated heterocycles. The van der Waals surface area contributed by atoms with Crippen LogP contribution in [-0.2, 0) is 9.59 Å². The van der Waals surface area contributed by atoms with Crippen LogP contribution in [0.4, 0.5) is 0 Å². The molecule has 86 valence electrons. The van der Waals surface area contributed by atoms with Crippen molar-refractivity contribution in [1.82, 2.24) is 10.6 Å². The molecule has 0 atom stereocenters. The van der Waals surface area contributed by atoms with E-state index in [-0.39, 0.29) is 11.8 Å². The Morgan fingerprint density at radius 3 is 2.47 bits per heavy atom. The maximum atomic E-state index is 11.4. The first kappa shape index (κ1) is 12.0. The minimum absolute atomic E-state index is 0.0515. The quantitative estimate of drug-likeness (QED) is 0.729. The molecule has 0 aromatic carbocycles. The van der Waals surface area contributed by atoms with Crippen molar-refractivity contribution in [3.05, 3.63) is 0 Å². The van der Waals surface area contributed by atoms with Crippen molar-refractivity contribution >= 4 is 11.8 Å². The van der Waals surface area contributed by atoms with E-state index in [1.54, 1.807) is 0 Å². The molecule has 0 aromatic rings. The fourth-order valence-corrected chi connectivity index (χ4v) is 1.90. The molecule has 0 radical (unpaired) electrons. The highest BCUT2D eigenvalue weighted by atomic mass is 16.2. The third-order valence-electron chi connectivity index (χ3n) is 2.70. The van der Waals surface area contributed by atoms with E-state index in [0.29, 0.717) is 19.0 Å². The van der Waals surface area contributed by atoms with Crippen LogP contribution in [0.1, 0.15) is 45.4 Å². The summed E-state index contributed by atoms with van der Waals surface area (Å²) in [6.45, 7) is 1.90. The predicted molar refractivity (Wildman–Crippen MR) is 58.3 cm³/mol. The lowest BCUT2D eigenvalue weighted by Gasteiger charge is -2.22. The van der Waals surface area contributed by atoms with Gasteiger partial charge in [0.1, 0.15) is 0 Å². The van der Waals surface area contributed by atoms with Gasteiger partial charge in [-0.25, -0.2) is 0 Å². The summed E-state index contributed by atoms with van der Waals surface area (Å²) >= 11 is 0. The molecule has 2 N–H and O–H groups in total. The lowest BCUT2D eigenvalue weighted by Crippen LogP contribution is -2.37. The molecule has 2 amide bonds. The molecule has 0 spiro atoms. The second-order valence-corrected chi connectivity index (χ2v) is 4.14. The van der Waals surface area contributed by atoms with E-state index in [2.05, 4.69) is 10.6 Å². The van der Waals surface area contributed by atoms with Gasteiger partial charge >= 0.3 is 0 Å². The Labute approximate surface area is 90.8 Å². The van der Waals surface area contributed by atoms with Crippen LogP contribution in [-0.4, -0.2) is 24.4 Å². The number of amides is 2. The normalized spacial score (nSPS) is 17.1. The first-order valence-electron chi connectivity index (χ1n) is 5.72. The van der Waals surface area contributed by atoms with Gasteiger partial charge < -0.3 is 10.6 Å². The fraction of sp³-hybridized carbons (Fsp3) is 0.818. The average molecular weight is 212 g/mol. The molecule has 1 aliphatic carbocycles. The van der Waals surface area contributed by atoms with Gasteiger partial charge in [0.25, 0.3) is 0 Å². The van der Waals surface area contributed by atoms with Crippen molar-refractivity contribution in [3.8, 4) is 0 Å². The average Bonchev–Trinajstić information content (AvgIpc) is 2.18. The summed E-state index contributed by atoms with van der Waals surface area (Å²) in [5, 5.41) is 5.62. The molecule has 0 heterocycles. The zero-order chi connectivity index (χ0) is 11.1. The van der Waals surface area contributed by atoms with Crippen molar-refractivity contribution in [1.29, 1.82) is 0 Å². The summed E-state index contributed by atoms with van der Waals surface area (Å²) in [6, 6.07) is 0.364. The van der Waals surface area contributed by atoms with E-state index in [4.69, 9.17) is 0 Å². The Balaban J connectivity index is 2.09. The highest BCUT2D eigenvalue weighted by Gasteiger charge is 2.15. The number of rotatable bonds is 4. The first-order chi connectivity index (χ1) is 7.18. The van der Waals surface area contributed by atoms with E-state index >= 15 is 0 Å². The van der Waals surface area contributed by atoms with Crippen LogP contribution in [0.15, 0.2) is 0 Å². The standard InChI is InChI=1S/C11H20N2O2/c1-9(14)12-8-7-11(15)13-10-5-3-2-4-6-10/h10H,2-8H2,1H3,(H,12,14)(H,13,15). The third-order valence-corrected chi connectivity index (χ3v) is 2.70. The topological polar surface area (TPSA) is 58.2 Å². The molecular formula is C11H20N2O2. The Kier molecular flexibility index (Phi) is 5.15. The highest BCUT2D eigenvalue weighted by Crippen LogP contribution is 2.17. The molecule has 0 aliphatic heterocycles. The summed E-state index contributed by atoms with van der Waals surface area (Å²) in [5.74, 6) is -0.0314. The smallest absolute Gasteiger partial charge is 0.221 e. The summed E-state index contributed by atoms with van der Waals surface area (Å²) < 4.78 is 0. The first-order valence-corrected chi connectivity index (χ1v) is 5.72. The zero-order valence-corrected chi connectivity index (χ0v) is 9.34. The van der Waals surface area contributed by atoms with Crippen molar-refractivity contribution in [2.45, 2.75) is 51.5 Å². The Bertz CT molecular complexity index is 223. The van der Waals surface area contributed by atoms with Gasteiger partial charge in [-0.2, -0.15) is 0 Å². The van der Waals surface area contributed by atoms with Crippen LogP contribution in [0.3, 0.4) is 0 Å². The van der Waals surface area contributed by atoms with Gasteiger partial charge in [-0.15, -0.1) is 0 Å². The van der Waals surface area contributed by atoms with E-state index in [9.17, 15) is 9.59 Å². The van der Waals surface area contributed by atoms with Crippen LogP contribution in [0.5, 0.6) is 0 Å². The second-order valence-electron chi connectivity index (χ2n) is 4.14. The maximum absolute atomic E-state index is 11.4. The molecule has 1 fully saturated rings. The predicted octanol–water partition coefficient (Wildman–Crippen LogP) is 0.961. The van der Waals surface area contributed by atoms with Crippen LogP contribution in [0, 0.1) is 0 Å². The van der Waals surface area contributed by atoms with Gasteiger partial charge in [-0.3, -0.25) is 9.59 Å². The minimum atomic E-state index is -0.0829. The molecule has 4 heteroatoms. The molecule has 4 nitrogen and oxygen atoms in total. The van der Waals surface area contributed by atoms with E-state index in [1.807, 2.05) is 0 Å². The van der Waals surface area contributed by atoms with E-state index in [0.717, 1.165) is 12.8 Å². The van der Waals surface area contributed by atoms with Crippen molar-refractivity contribution in [2.24, 2.45) is 0 Å². The third kappa shape index (κ3) is 5.40. The van der Waals surface area contributed by atoms with Crippen LogP contribution in [0.25, 0.3) is 0 Å². The molecule has 0 bridgehead atoms. The van der Waals surface area contributed by atoms with Crippen LogP contribution < -0.4 is 10.6 Å². The molecule has 15 heavy (non-hydrogen) atoms. The molecule has 0 unspecified atom stereocenters. The number of carbonyl (C=O) groups excluding carboxylic acids is 2. The molecule has 1 rings (SSSR count). The number of carbonyl (C=O) groups is 2. The van der Waals surface area contributed by atoms with E-state index in [1.165, 1.54) is 26.2 Å². The lowest BCUT2D eigenvalue weighted by atomic mass is 9.95. The van der Waals surface area contributed by atoms with Gasteiger partial charge in [0.15, 0.2) is 0 Å². The zero-order valence-electron chi connectivity index (χ0n) is 9.34. The lowest BCUT2D eigenvalue weighted by molar-refractivity contribution is -0.122. The number of hydrogen-bond acceptors (Lipinski definition) is 2. The number of hydrogen-bond donors (Lipinski definition) is 2. The molecule has 1 saturated carbocycles. The van der Waals surface area contributed by atoms with Gasteiger partial charge in [-0.05, 0) is 12.8 Å². The molecule has 0 aromatic heterocycles. The SMILES string of the molecule is CC(=O)NCCC(=O)NC1CCCCC1. The summed E-state index contributed by atoms with van der Waals surface area (Å²) in [7, 11) is 0. The molecule has 1 aliphatic rings. The summed E-state index contributed by atoms with van der Waals surface area (Å²) in [4.78, 5) is 22.0. The second kappa shape index (κ2) is 6.43. The van der Waals surface area contributed by atoms with E-state index < -0.39 is 0 Å². The van der Waals surface area contributed by atoms with Crippen molar-refractivity contribution in [3.63, 3.8) is 0 Å². The van der Waals surface area contributed by atoms with Crippen molar-refractivity contribution < 1.29 is 9.59 Å². The van der Waals surface area contributed by atoms with Crippen LogP contribution in [0.2, 0.25) is 0 Å². The van der Waals surface area contributed by atoms with Gasteiger partial charge in [0.2, 0.25) is 11.8 Å². The number of nitrogens with one attached hydrogen (secondary N) is 2. The Morgan fingerprint density at radius 1 is 1.20 bits per heavy atom. The van der Waals surface area contributed by atoms with Crippen molar-refractivity contribution in [2.75, 3.05) is 6.54 Å². The Morgan fingerprint density at radius 2 is 1.87 bits per heavy atom. The Hall–Kier alpha value is -1.06. The summed E-state index contributed by atoms with van der Waals surface area (Å²) in [6.07, 6.45) is 6.32. The van der Waals surface area contributed by atoms with Gasteiger partial charge in [0.05, 0.1) is 0 Å². The largest absolute Gasteiger partial charge is 0.356 e. The highest BCUT2D eigenvalue weighted by molar-refractivity contribution is 5.78.